The Bertz CT molecular complexity index is 1210. The Labute approximate surface area is 245 Å². The number of aliphatic hydroxyl groups is 3. The smallest absolute Gasteiger partial charge is 0.331 e. The molecule has 0 aromatic heterocycles. The van der Waals surface area contributed by atoms with Gasteiger partial charge in [-0.2, -0.15) is 0 Å². The first-order valence-electron chi connectivity index (χ1n) is 15.6. The number of nitrogens with zero attached hydrogens (tertiary/aromatic N) is 1. The number of aliphatic imine (C=N–C) groups is 1. The molecule has 0 bridgehead atoms. The maximum absolute atomic E-state index is 12.6. The van der Waals surface area contributed by atoms with E-state index < -0.39 is 34.8 Å². The molecule has 4 saturated carbocycles. The summed E-state index contributed by atoms with van der Waals surface area (Å²) in [6.45, 7) is 6.77. The van der Waals surface area contributed by atoms with E-state index in [1.807, 2.05) is 0 Å². The summed E-state index contributed by atoms with van der Waals surface area (Å²) < 4.78 is 24.5. The van der Waals surface area contributed by atoms with Gasteiger partial charge in [0.15, 0.2) is 4.87 Å². The lowest BCUT2D eigenvalue weighted by atomic mass is 9.43. The first kappa shape index (κ1) is 27.5. The Kier molecular flexibility index (Phi) is 5.91. The summed E-state index contributed by atoms with van der Waals surface area (Å²) >= 11 is 1.39. The highest BCUT2D eigenvalue weighted by Crippen LogP contribution is 2.70. The third kappa shape index (κ3) is 3.36. The van der Waals surface area contributed by atoms with Gasteiger partial charge in [0.25, 0.3) is 5.79 Å². The maximum Gasteiger partial charge on any atom is 0.331 e. The molecule has 1 spiro atoms. The molecule has 0 radical (unpaired) electrons. The van der Waals surface area contributed by atoms with Crippen LogP contribution in [0.1, 0.15) is 72.1 Å². The van der Waals surface area contributed by atoms with E-state index in [0.29, 0.717) is 24.2 Å². The molecule has 4 heterocycles. The topological polar surface area (TPSA) is 127 Å². The molecule has 14 unspecified atom stereocenters. The van der Waals surface area contributed by atoms with Crippen LogP contribution >= 0.6 is 11.8 Å². The number of aliphatic hydroxyl groups excluding tert-OH is 1. The molecule has 10 heteroatoms. The molecule has 3 N–H and O–H groups in total. The van der Waals surface area contributed by atoms with Crippen LogP contribution < -0.4 is 0 Å². The van der Waals surface area contributed by atoms with Crippen LogP contribution in [0.5, 0.6) is 0 Å². The molecule has 8 aliphatic rings. The molecular weight excluding hydrogens is 546 g/mol. The second kappa shape index (κ2) is 8.79. The lowest BCUT2D eigenvalue weighted by molar-refractivity contribution is -0.456. The number of hydrogen-bond donors (Lipinski definition) is 3. The molecule has 9 nitrogen and oxygen atoms in total. The van der Waals surface area contributed by atoms with Crippen molar-refractivity contribution in [2.24, 2.45) is 39.5 Å². The maximum atomic E-state index is 12.6. The second-order valence-electron chi connectivity index (χ2n) is 14.7. The van der Waals surface area contributed by atoms with Crippen molar-refractivity contribution in [1.29, 1.82) is 0 Å². The van der Waals surface area contributed by atoms with E-state index in [2.05, 4.69) is 18.8 Å². The molecule has 8 rings (SSSR count). The number of hydrogen-bond acceptors (Lipinski definition) is 10. The molecule has 6 fully saturated rings. The third-order valence-electron chi connectivity index (χ3n) is 13.3. The Balaban J connectivity index is 1.09. The number of fused-ring (bicyclic) bond motifs is 8. The van der Waals surface area contributed by atoms with Gasteiger partial charge in [0.2, 0.25) is 6.29 Å². The number of carbonyl (C=O) groups excluding carboxylic acids is 1. The molecule has 2 saturated heterocycles. The van der Waals surface area contributed by atoms with Gasteiger partial charge in [-0.25, -0.2) is 4.79 Å². The van der Waals surface area contributed by atoms with Crippen molar-refractivity contribution < 1.29 is 39.1 Å². The first-order chi connectivity index (χ1) is 19.5. The van der Waals surface area contributed by atoms with Gasteiger partial charge < -0.3 is 34.3 Å². The highest BCUT2D eigenvalue weighted by Gasteiger charge is 2.73. The van der Waals surface area contributed by atoms with E-state index in [1.54, 1.807) is 19.2 Å². The van der Waals surface area contributed by atoms with Gasteiger partial charge >= 0.3 is 5.97 Å². The van der Waals surface area contributed by atoms with Gasteiger partial charge in [-0.15, -0.1) is 11.8 Å². The largest absolute Gasteiger partial charge is 0.458 e. The number of thioether (sulfide) groups is 1. The van der Waals surface area contributed by atoms with Crippen LogP contribution in [0.2, 0.25) is 0 Å². The summed E-state index contributed by atoms with van der Waals surface area (Å²) in [4.78, 5) is 15.2. The predicted molar refractivity (Wildman–Crippen MR) is 150 cm³/mol. The minimum atomic E-state index is -1.90. The van der Waals surface area contributed by atoms with E-state index in [4.69, 9.17) is 18.9 Å². The summed E-state index contributed by atoms with van der Waals surface area (Å²) in [5.74, 6) is -0.487. The molecule has 226 valence electrons. The van der Waals surface area contributed by atoms with E-state index in [0.717, 1.165) is 56.9 Å². The zero-order chi connectivity index (χ0) is 28.6. The van der Waals surface area contributed by atoms with Crippen molar-refractivity contribution in [3.05, 3.63) is 11.6 Å². The molecule has 0 aromatic rings. The second-order valence-corrected chi connectivity index (χ2v) is 15.9. The number of carbonyl (C=O) groups is 1. The molecule has 14 atom stereocenters. The van der Waals surface area contributed by atoms with Crippen LogP contribution in [-0.2, 0) is 23.7 Å². The SMILES string of the molecule is CC1OC2OC3CC4CCC5C(CCC6(C)C(C7=CC(=O)OC7)CCC56O)C4(C)CC3OC2(O)C2(N=CCS2)C1O. The van der Waals surface area contributed by atoms with Crippen LogP contribution in [0.4, 0.5) is 0 Å². The number of rotatable bonds is 1. The van der Waals surface area contributed by atoms with Gasteiger partial charge in [0.05, 0.1) is 23.9 Å². The van der Waals surface area contributed by atoms with Crippen LogP contribution in [0.15, 0.2) is 16.6 Å². The van der Waals surface area contributed by atoms with E-state index in [-0.39, 0.29) is 40.8 Å². The van der Waals surface area contributed by atoms with Crippen LogP contribution in [0.25, 0.3) is 0 Å². The van der Waals surface area contributed by atoms with Crippen LogP contribution in [0, 0.1) is 34.5 Å². The lowest BCUT2D eigenvalue weighted by Gasteiger charge is -2.66. The summed E-state index contributed by atoms with van der Waals surface area (Å²) in [7, 11) is 0. The fourth-order valence-electron chi connectivity index (χ4n) is 11.1. The normalized spacial score (nSPS) is 59.1. The van der Waals surface area contributed by atoms with Crippen molar-refractivity contribution in [3.8, 4) is 0 Å². The van der Waals surface area contributed by atoms with Crippen LogP contribution in [0.3, 0.4) is 0 Å². The summed E-state index contributed by atoms with van der Waals surface area (Å²) in [6.07, 6.45) is 7.35. The van der Waals surface area contributed by atoms with Crippen molar-refractivity contribution in [2.75, 3.05) is 12.4 Å². The number of esters is 1. The first-order valence-corrected chi connectivity index (χ1v) is 16.6. The molecule has 0 aromatic carbocycles. The zero-order valence-electron chi connectivity index (χ0n) is 24.2. The van der Waals surface area contributed by atoms with Crippen LogP contribution in [-0.4, -0.2) is 86.8 Å². The van der Waals surface area contributed by atoms with Gasteiger partial charge in [0.1, 0.15) is 12.7 Å². The standard InChI is InChI=1S/C31H43NO8S/c1-16-25(34)30(32-10-11-41-30)31(36)26(38-16)39-22-13-18-4-5-21-20(27(18,2)14-23(22)40-31)6-8-28(3)19(7-9-29(21,28)35)17-12-24(33)37-15-17/h10,12,16,18-23,25-26,34-36H,4-9,11,13-15H2,1-3H3. The Morgan fingerprint density at radius 1 is 1.05 bits per heavy atom. The fourth-order valence-corrected chi connectivity index (χ4v) is 12.4. The predicted octanol–water partition coefficient (Wildman–Crippen LogP) is 2.95. The molecule has 0 amide bonds. The van der Waals surface area contributed by atoms with Crippen molar-refractivity contribution in [1.82, 2.24) is 0 Å². The Hall–Kier alpha value is -1.01. The van der Waals surface area contributed by atoms with Gasteiger partial charge in [-0.1, -0.05) is 13.8 Å². The van der Waals surface area contributed by atoms with E-state index in [9.17, 15) is 20.1 Å². The monoisotopic (exact) mass is 589 g/mol. The quantitative estimate of drug-likeness (QED) is 0.313. The third-order valence-corrected chi connectivity index (χ3v) is 14.7. The van der Waals surface area contributed by atoms with Crippen molar-refractivity contribution in [2.45, 2.75) is 119 Å². The lowest BCUT2D eigenvalue weighted by Crippen LogP contribution is -2.77. The Morgan fingerprint density at radius 3 is 2.61 bits per heavy atom. The van der Waals surface area contributed by atoms with E-state index >= 15 is 0 Å². The summed E-state index contributed by atoms with van der Waals surface area (Å²) in [6, 6.07) is 0. The molecule has 41 heavy (non-hydrogen) atoms. The average molecular weight is 590 g/mol. The highest BCUT2D eigenvalue weighted by atomic mass is 32.2. The molecular formula is C31H43NO8S. The number of cyclic esters (lactones) is 1. The van der Waals surface area contributed by atoms with Gasteiger partial charge in [-0.05, 0) is 93.0 Å². The van der Waals surface area contributed by atoms with Gasteiger partial charge in [0, 0.05) is 23.5 Å². The zero-order valence-corrected chi connectivity index (χ0v) is 25.0. The van der Waals surface area contributed by atoms with E-state index in [1.165, 1.54) is 11.8 Å². The summed E-state index contributed by atoms with van der Waals surface area (Å²) in [5, 5.41) is 35.8. The highest BCUT2D eigenvalue weighted by molar-refractivity contribution is 8.01. The Morgan fingerprint density at radius 2 is 1.88 bits per heavy atom. The molecule has 4 aliphatic heterocycles. The molecule has 4 aliphatic carbocycles. The average Bonchev–Trinajstić information content (AvgIpc) is 3.65. The van der Waals surface area contributed by atoms with Crippen molar-refractivity contribution in [3.63, 3.8) is 0 Å². The minimum absolute atomic E-state index is 0.0851. The van der Waals surface area contributed by atoms with Gasteiger partial charge in [-0.3, -0.25) is 4.99 Å². The van der Waals surface area contributed by atoms with Crippen molar-refractivity contribution >= 4 is 23.9 Å². The number of ether oxygens (including phenoxy) is 4. The summed E-state index contributed by atoms with van der Waals surface area (Å²) in [5.41, 5.74) is -0.104. The fraction of sp³-hybridized carbons (Fsp3) is 0.871. The minimum Gasteiger partial charge on any atom is -0.458 e.